The first-order valence-corrected chi connectivity index (χ1v) is 8.75. The second kappa shape index (κ2) is 6.53. The van der Waals surface area contributed by atoms with Crippen molar-refractivity contribution in [1.29, 1.82) is 0 Å². The Balaban J connectivity index is 1.99. The third kappa shape index (κ3) is 4.50. The van der Waals surface area contributed by atoms with Gasteiger partial charge >= 0.3 is 0 Å². The van der Waals surface area contributed by atoms with Crippen molar-refractivity contribution in [2.45, 2.75) is 24.2 Å². The van der Waals surface area contributed by atoms with Crippen molar-refractivity contribution in [3.63, 3.8) is 0 Å². The van der Waals surface area contributed by atoms with Crippen LogP contribution < -0.4 is 10.6 Å². The first kappa shape index (κ1) is 15.9. The maximum absolute atomic E-state index is 13.6. The molecule has 1 aromatic carbocycles. The van der Waals surface area contributed by atoms with Crippen LogP contribution in [0.25, 0.3) is 0 Å². The number of sulfone groups is 1. The van der Waals surface area contributed by atoms with E-state index in [4.69, 9.17) is 0 Å². The lowest BCUT2D eigenvalue weighted by Crippen LogP contribution is -2.16. The highest BCUT2D eigenvalue weighted by Crippen LogP contribution is 2.21. The zero-order valence-corrected chi connectivity index (χ0v) is 12.7. The van der Waals surface area contributed by atoms with Gasteiger partial charge in [-0.15, -0.1) is 0 Å². The highest BCUT2D eigenvalue weighted by atomic mass is 32.2. The zero-order chi connectivity index (χ0) is 15.5. The fraction of sp³-hybridized carbons (Fsp3) is 0.500. The molecular formula is C14H19FN2O3S. The lowest BCUT2D eigenvalue weighted by Gasteiger charge is -2.10. The molecule has 0 bridgehead atoms. The van der Waals surface area contributed by atoms with Gasteiger partial charge in [0, 0.05) is 12.7 Å². The standard InChI is InChI=1S/C14H19FN2O3S/c1-21(19,20)11-3-4-12(15)13(8-11)17-14(18)5-2-10-6-7-16-9-10/h3-4,8,10,16H,2,5-7,9H2,1H3,(H,17,18). The fourth-order valence-corrected chi connectivity index (χ4v) is 2.99. The summed E-state index contributed by atoms with van der Waals surface area (Å²) in [4.78, 5) is 11.8. The van der Waals surface area contributed by atoms with Gasteiger partial charge in [-0.1, -0.05) is 0 Å². The van der Waals surface area contributed by atoms with E-state index in [1.54, 1.807) is 0 Å². The van der Waals surface area contributed by atoms with Crippen LogP contribution in [0.3, 0.4) is 0 Å². The lowest BCUT2D eigenvalue weighted by molar-refractivity contribution is -0.116. The predicted octanol–water partition coefficient (Wildman–Crippen LogP) is 1.56. The molecule has 1 fully saturated rings. The molecule has 116 valence electrons. The van der Waals surface area contributed by atoms with Crippen molar-refractivity contribution in [1.82, 2.24) is 5.32 Å². The van der Waals surface area contributed by atoms with Crippen LogP contribution in [-0.2, 0) is 14.6 Å². The molecule has 1 saturated heterocycles. The van der Waals surface area contributed by atoms with E-state index in [1.807, 2.05) is 0 Å². The summed E-state index contributed by atoms with van der Waals surface area (Å²) in [6.45, 7) is 1.88. The Labute approximate surface area is 123 Å². The second-order valence-electron chi connectivity index (χ2n) is 5.36. The Morgan fingerprint density at radius 3 is 2.86 bits per heavy atom. The second-order valence-corrected chi connectivity index (χ2v) is 7.38. The molecule has 0 saturated carbocycles. The molecule has 7 heteroatoms. The third-order valence-corrected chi connectivity index (χ3v) is 4.69. The van der Waals surface area contributed by atoms with Gasteiger partial charge in [0.1, 0.15) is 5.82 Å². The highest BCUT2D eigenvalue weighted by Gasteiger charge is 2.17. The lowest BCUT2D eigenvalue weighted by atomic mass is 10.0. The van der Waals surface area contributed by atoms with Gasteiger partial charge in [-0.25, -0.2) is 12.8 Å². The maximum Gasteiger partial charge on any atom is 0.224 e. The molecule has 5 nitrogen and oxygen atoms in total. The third-order valence-electron chi connectivity index (χ3n) is 3.58. The number of rotatable bonds is 5. The van der Waals surface area contributed by atoms with E-state index >= 15 is 0 Å². The van der Waals surface area contributed by atoms with Gasteiger partial charge in [-0.05, 0) is 50.0 Å². The smallest absolute Gasteiger partial charge is 0.224 e. The van der Waals surface area contributed by atoms with Crippen LogP contribution in [-0.4, -0.2) is 33.7 Å². The molecule has 1 heterocycles. The van der Waals surface area contributed by atoms with Crippen LogP contribution in [0.15, 0.2) is 23.1 Å². The quantitative estimate of drug-likeness (QED) is 0.809. The van der Waals surface area contributed by atoms with Gasteiger partial charge in [-0.3, -0.25) is 4.79 Å². The summed E-state index contributed by atoms with van der Waals surface area (Å²) in [7, 11) is -3.43. The molecule has 1 amide bonds. The van der Waals surface area contributed by atoms with Gasteiger partial charge in [0.15, 0.2) is 9.84 Å². The zero-order valence-electron chi connectivity index (χ0n) is 11.9. The number of carbonyl (C=O) groups is 1. The summed E-state index contributed by atoms with van der Waals surface area (Å²) in [5.41, 5.74) is -0.0903. The number of hydrogen-bond donors (Lipinski definition) is 2. The summed E-state index contributed by atoms with van der Waals surface area (Å²) < 4.78 is 36.5. The molecule has 0 radical (unpaired) electrons. The monoisotopic (exact) mass is 314 g/mol. The Bertz CT molecular complexity index is 625. The summed E-state index contributed by atoms with van der Waals surface area (Å²) in [5, 5.41) is 5.67. The van der Waals surface area contributed by atoms with E-state index in [0.29, 0.717) is 12.3 Å². The van der Waals surface area contributed by atoms with Crippen LogP contribution in [0, 0.1) is 11.7 Å². The number of hydrogen-bond acceptors (Lipinski definition) is 4. The van der Waals surface area contributed by atoms with Crippen LogP contribution >= 0.6 is 0 Å². The van der Waals surface area contributed by atoms with Gasteiger partial charge in [0.25, 0.3) is 0 Å². The normalized spacial score (nSPS) is 18.7. The Morgan fingerprint density at radius 2 is 2.24 bits per heavy atom. The van der Waals surface area contributed by atoms with Gasteiger partial charge in [-0.2, -0.15) is 0 Å². The van der Waals surface area contributed by atoms with Gasteiger partial charge < -0.3 is 10.6 Å². The molecule has 0 aliphatic carbocycles. The Morgan fingerprint density at radius 1 is 1.48 bits per heavy atom. The number of halogens is 1. The summed E-state index contributed by atoms with van der Waals surface area (Å²) >= 11 is 0. The van der Waals surface area contributed by atoms with Crippen LogP contribution in [0.4, 0.5) is 10.1 Å². The molecule has 2 rings (SSSR count). The van der Waals surface area contributed by atoms with E-state index in [9.17, 15) is 17.6 Å². The molecule has 0 aromatic heterocycles. The van der Waals surface area contributed by atoms with E-state index in [0.717, 1.165) is 44.3 Å². The van der Waals surface area contributed by atoms with E-state index < -0.39 is 15.7 Å². The van der Waals surface area contributed by atoms with Gasteiger partial charge in [0.2, 0.25) is 5.91 Å². The number of carbonyl (C=O) groups excluding carboxylic acids is 1. The van der Waals surface area contributed by atoms with Crippen molar-refractivity contribution in [3.8, 4) is 0 Å². The number of anilines is 1. The van der Waals surface area contributed by atoms with Crippen LogP contribution in [0.1, 0.15) is 19.3 Å². The SMILES string of the molecule is CS(=O)(=O)c1ccc(F)c(NC(=O)CCC2CCNC2)c1. The molecule has 1 aliphatic rings. The average molecular weight is 314 g/mol. The Hall–Kier alpha value is -1.47. The van der Waals surface area contributed by atoms with Crippen molar-refractivity contribution < 1.29 is 17.6 Å². The molecule has 1 unspecified atom stereocenters. The number of nitrogens with one attached hydrogen (secondary N) is 2. The molecule has 0 spiro atoms. The van der Waals surface area contributed by atoms with Crippen molar-refractivity contribution >= 4 is 21.4 Å². The minimum absolute atomic E-state index is 0.0146. The minimum atomic E-state index is -3.43. The molecule has 21 heavy (non-hydrogen) atoms. The van der Waals surface area contributed by atoms with E-state index in [1.165, 1.54) is 6.07 Å². The summed E-state index contributed by atoms with van der Waals surface area (Å²) in [6.07, 6.45) is 3.13. The van der Waals surface area contributed by atoms with Crippen LogP contribution in [0.5, 0.6) is 0 Å². The van der Waals surface area contributed by atoms with E-state index in [-0.39, 0.29) is 16.5 Å². The van der Waals surface area contributed by atoms with Crippen LogP contribution in [0.2, 0.25) is 0 Å². The summed E-state index contributed by atoms with van der Waals surface area (Å²) in [5.74, 6) is -0.465. The fourth-order valence-electron chi connectivity index (χ4n) is 2.34. The average Bonchev–Trinajstić information content (AvgIpc) is 2.91. The largest absolute Gasteiger partial charge is 0.324 e. The predicted molar refractivity (Wildman–Crippen MR) is 78.4 cm³/mol. The Kier molecular flexibility index (Phi) is 4.95. The topological polar surface area (TPSA) is 75.3 Å². The van der Waals surface area contributed by atoms with E-state index in [2.05, 4.69) is 10.6 Å². The summed E-state index contributed by atoms with van der Waals surface area (Å²) in [6, 6.07) is 3.39. The first-order valence-electron chi connectivity index (χ1n) is 6.86. The molecule has 2 N–H and O–H groups in total. The van der Waals surface area contributed by atoms with Crippen molar-refractivity contribution in [2.75, 3.05) is 24.7 Å². The van der Waals surface area contributed by atoms with Gasteiger partial charge in [0.05, 0.1) is 10.6 Å². The number of benzene rings is 1. The minimum Gasteiger partial charge on any atom is -0.324 e. The maximum atomic E-state index is 13.6. The van der Waals surface area contributed by atoms with Crippen molar-refractivity contribution in [2.24, 2.45) is 5.92 Å². The molecular weight excluding hydrogens is 295 g/mol. The first-order chi connectivity index (χ1) is 9.86. The molecule has 1 atom stereocenters. The number of amides is 1. The molecule has 1 aromatic rings. The van der Waals surface area contributed by atoms with Crippen molar-refractivity contribution in [3.05, 3.63) is 24.0 Å². The highest BCUT2D eigenvalue weighted by molar-refractivity contribution is 7.90. The molecule has 1 aliphatic heterocycles.